The molecule has 0 aromatic rings. The van der Waals surface area contributed by atoms with Crippen molar-refractivity contribution in [3.8, 4) is 0 Å². The summed E-state index contributed by atoms with van der Waals surface area (Å²) in [4.78, 5) is 0. The Balaban J connectivity index is 2.49. The molecule has 1 heterocycles. The predicted molar refractivity (Wildman–Crippen MR) is 23.0 cm³/mol. The van der Waals surface area contributed by atoms with Crippen LogP contribution in [0.5, 0.6) is 0 Å². The fraction of sp³-hybridized carbons (Fsp3) is 0. The average Bonchev–Trinajstić information content (AvgIpc) is 1.69. The molecule has 0 aliphatic carbocycles. The molecule has 1 radical (unpaired) electrons. The Bertz CT molecular complexity index is 108. The molecule has 0 aromatic heterocycles. The number of rotatable bonds is 0. The number of hydrogen-bond donors (Lipinski definition) is 1. The second kappa shape index (κ2) is 1.64. The largest absolute Gasteiger partial charge is 0.278 e. The van der Waals surface area contributed by atoms with Crippen LogP contribution in [0.4, 0.5) is 4.48 Å². The van der Waals surface area contributed by atoms with E-state index in [1.165, 1.54) is 18.5 Å². The van der Waals surface area contributed by atoms with Crippen molar-refractivity contribution in [2.45, 2.75) is 0 Å². The van der Waals surface area contributed by atoms with Gasteiger partial charge in [0.05, 0.1) is 6.20 Å². The first-order valence-electron chi connectivity index (χ1n) is 1.85. The molecule has 2 nitrogen and oxygen atoms in total. The van der Waals surface area contributed by atoms with E-state index >= 15 is 0 Å². The van der Waals surface area contributed by atoms with Crippen molar-refractivity contribution >= 4 is 0 Å². The minimum Gasteiger partial charge on any atom is -0.278 e. The van der Waals surface area contributed by atoms with Gasteiger partial charge in [0, 0.05) is 12.3 Å². The van der Waals surface area contributed by atoms with Crippen LogP contribution in [0.25, 0.3) is 0 Å². The third-order valence-electron chi connectivity index (χ3n) is 0.573. The van der Waals surface area contributed by atoms with Gasteiger partial charge < -0.3 is 0 Å². The van der Waals surface area contributed by atoms with Gasteiger partial charge in [0.15, 0.2) is 0 Å². The first-order chi connectivity index (χ1) is 3.39. The molecule has 3 heteroatoms. The lowest BCUT2D eigenvalue weighted by Gasteiger charge is -2.07. The smallest absolute Gasteiger partial charge is 0.0576 e. The second-order valence-electron chi connectivity index (χ2n) is 1.07. The van der Waals surface area contributed by atoms with Gasteiger partial charge in [-0.3, -0.25) is 5.43 Å². The second-order valence-corrected chi connectivity index (χ2v) is 1.07. The van der Waals surface area contributed by atoms with Crippen molar-refractivity contribution in [1.82, 2.24) is 10.7 Å². The molecule has 1 N–H and O–H groups in total. The Morgan fingerprint density at radius 2 is 2.57 bits per heavy atom. The zero-order valence-corrected chi connectivity index (χ0v) is 3.56. The summed E-state index contributed by atoms with van der Waals surface area (Å²) in [6.45, 7) is 0. The molecule has 0 amide bonds. The van der Waals surface area contributed by atoms with E-state index in [-0.39, 0.29) is 0 Å². The van der Waals surface area contributed by atoms with Crippen molar-refractivity contribution in [1.29, 1.82) is 0 Å². The van der Waals surface area contributed by atoms with Gasteiger partial charge in [-0.05, 0) is 6.08 Å². The van der Waals surface area contributed by atoms with E-state index in [0.29, 0.717) is 5.23 Å². The molecule has 1 aliphatic rings. The van der Waals surface area contributed by atoms with Gasteiger partial charge in [-0.25, -0.2) is 0 Å². The molecular weight excluding hydrogens is 95.1 g/mol. The number of allylic oxidation sites excluding steroid dienone is 2. The van der Waals surface area contributed by atoms with E-state index in [1.807, 2.05) is 0 Å². The van der Waals surface area contributed by atoms with Crippen molar-refractivity contribution < 1.29 is 4.48 Å². The Kier molecular flexibility index (Phi) is 0.978. The molecule has 0 bridgehead atoms. The molecule has 1 rings (SSSR count). The van der Waals surface area contributed by atoms with E-state index in [9.17, 15) is 4.48 Å². The van der Waals surface area contributed by atoms with E-state index in [2.05, 4.69) is 11.5 Å². The van der Waals surface area contributed by atoms with Crippen LogP contribution < -0.4 is 5.43 Å². The maximum Gasteiger partial charge on any atom is 0.0576 e. The molecule has 0 fully saturated rings. The number of hydrogen-bond acceptors (Lipinski definition) is 2. The zero-order chi connectivity index (χ0) is 5.11. The molecule has 0 saturated carbocycles. The third kappa shape index (κ3) is 0.924. The SMILES string of the molecule is FN1C=C[C]=CN1. The monoisotopic (exact) mass is 99.0 g/mol. The fourth-order valence-corrected chi connectivity index (χ4v) is 0.299. The van der Waals surface area contributed by atoms with Crippen LogP contribution in [-0.4, -0.2) is 5.23 Å². The molecule has 7 heavy (non-hydrogen) atoms. The Hall–Kier alpha value is -0.990. The lowest BCUT2D eigenvalue weighted by molar-refractivity contribution is 0.0449. The lowest BCUT2D eigenvalue weighted by Crippen LogP contribution is -2.21. The maximum atomic E-state index is 11.7. The average molecular weight is 99.1 g/mol. The summed E-state index contributed by atoms with van der Waals surface area (Å²) in [7, 11) is 0. The van der Waals surface area contributed by atoms with E-state index in [4.69, 9.17) is 0 Å². The normalized spacial score (nSPS) is 17.0. The van der Waals surface area contributed by atoms with Crippen LogP contribution in [0.15, 0.2) is 18.5 Å². The van der Waals surface area contributed by atoms with Crippen molar-refractivity contribution in [3.05, 3.63) is 24.6 Å². The Labute approximate surface area is 40.8 Å². The van der Waals surface area contributed by atoms with Crippen molar-refractivity contribution in [3.63, 3.8) is 0 Å². The topological polar surface area (TPSA) is 15.3 Å². The van der Waals surface area contributed by atoms with Crippen LogP contribution in [0.3, 0.4) is 0 Å². The van der Waals surface area contributed by atoms with Crippen LogP contribution in [-0.2, 0) is 0 Å². The van der Waals surface area contributed by atoms with Gasteiger partial charge in [0.1, 0.15) is 0 Å². The van der Waals surface area contributed by atoms with E-state index in [0.717, 1.165) is 0 Å². The highest BCUT2D eigenvalue weighted by Gasteiger charge is 1.89. The predicted octanol–water partition coefficient (Wildman–Crippen LogP) is 0.522. The molecule has 0 saturated heterocycles. The minimum atomic E-state index is 0.344. The summed E-state index contributed by atoms with van der Waals surface area (Å²) in [6.07, 6.45) is 6.68. The highest BCUT2D eigenvalue weighted by Crippen LogP contribution is 1.89. The highest BCUT2D eigenvalue weighted by atomic mass is 19.2. The molecule has 37 valence electrons. The quantitative estimate of drug-likeness (QED) is 0.445. The fourth-order valence-electron chi connectivity index (χ4n) is 0.299. The number of hydrazine groups is 1. The zero-order valence-electron chi connectivity index (χ0n) is 3.56. The van der Waals surface area contributed by atoms with Gasteiger partial charge in [-0.2, -0.15) is 0 Å². The Morgan fingerprint density at radius 3 is 2.86 bits per heavy atom. The molecule has 0 aromatic carbocycles. The Morgan fingerprint density at radius 1 is 1.71 bits per heavy atom. The van der Waals surface area contributed by atoms with Crippen LogP contribution in [0.1, 0.15) is 0 Å². The maximum absolute atomic E-state index is 11.7. The standard InChI is InChI=1S/C4H4FN2/c5-7-4-2-1-3-6-7/h2-4,6H. The number of nitrogens with zero attached hydrogens (tertiary/aromatic N) is 1. The summed E-state index contributed by atoms with van der Waals surface area (Å²) in [6, 6.07) is 0. The number of halogens is 1. The van der Waals surface area contributed by atoms with Gasteiger partial charge in [-0.15, -0.1) is 5.23 Å². The summed E-state index contributed by atoms with van der Waals surface area (Å²) in [5.41, 5.74) is 2.23. The van der Waals surface area contributed by atoms with Crippen LogP contribution in [0.2, 0.25) is 0 Å². The van der Waals surface area contributed by atoms with Crippen molar-refractivity contribution in [2.24, 2.45) is 0 Å². The summed E-state index contributed by atoms with van der Waals surface area (Å²) >= 11 is 0. The van der Waals surface area contributed by atoms with E-state index < -0.39 is 0 Å². The third-order valence-corrected chi connectivity index (χ3v) is 0.573. The highest BCUT2D eigenvalue weighted by molar-refractivity contribution is 4.95. The van der Waals surface area contributed by atoms with Gasteiger partial charge in [0.2, 0.25) is 0 Å². The number of nitrogens with one attached hydrogen (secondary N) is 1. The van der Waals surface area contributed by atoms with Crippen molar-refractivity contribution in [2.75, 3.05) is 0 Å². The van der Waals surface area contributed by atoms with Gasteiger partial charge in [-0.1, -0.05) is 4.48 Å². The molecule has 0 unspecified atom stereocenters. The first-order valence-corrected chi connectivity index (χ1v) is 1.85. The summed E-state index contributed by atoms with van der Waals surface area (Å²) in [5.74, 6) is 0. The van der Waals surface area contributed by atoms with Gasteiger partial charge >= 0.3 is 0 Å². The van der Waals surface area contributed by atoms with Crippen LogP contribution in [0, 0.1) is 6.08 Å². The summed E-state index contributed by atoms with van der Waals surface area (Å²) < 4.78 is 11.7. The van der Waals surface area contributed by atoms with E-state index in [1.54, 1.807) is 0 Å². The summed E-state index contributed by atoms with van der Waals surface area (Å²) in [5, 5.41) is 0.344. The molecule has 0 atom stereocenters. The molecule has 0 spiro atoms. The molecule has 1 aliphatic heterocycles. The van der Waals surface area contributed by atoms with Gasteiger partial charge in [0.25, 0.3) is 0 Å². The first kappa shape index (κ1) is 4.18. The lowest BCUT2D eigenvalue weighted by atomic mass is 10.5. The minimum absolute atomic E-state index is 0.344. The van der Waals surface area contributed by atoms with Crippen LogP contribution >= 0.6 is 0 Å². The molecular formula is C4H4FN2.